The lowest BCUT2D eigenvalue weighted by atomic mass is 10.1. The Bertz CT molecular complexity index is 471. The summed E-state index contributed by atoms with van der Waals surface area (Å²) in [5.41, 5.74) is -0.217. The van der Waals surface area contributed by atoms with Crippen LogP contribution in [0.3, 0.4) is 0 Å². The maximum absolute atomic E-state index is 13.7. The lowest BCUT2D eigenvalue weighted by Crippen LogP contribution is -2.34. The summed E-state index contributed by atoms with van der Waals surface area (Å²) in [5, 5.41) is 9.01. The summed E-state index contributed by atoms with van der Waals surface area (Å²) in [4.78, 5) is 11.0. The molecule has 1 aromatic rings. The van der Waals surface area contributed by atoms with Gasteiger partial charge in [0.1, 0.15) is 16.1 Å². The summed E-state index contributed by atoms with van der Waals surface area (Å²) in [6.07, 6.45) is 0. The van der Waals surface area contributed by atoms with E-state index in [0.717, 1.165) is 0 Å². The fourth-order valence-corrected chi connectivity index (χ4v) is 1.90. The van der Waals surface area contributed by atoms with Gasteiger partial charge in [-0.1, -0.05) is 6.07 Å². The molecule has 0 saturated carbocycles. The molecule has 1 atom stereocenters. The number of anilines is 1. The zero-order valence-corrected chi connectivity index (χ0v) is 11.5. The van der Waals surface area contributed by atoms with E-state index >= 15 is 0 Å². The van der Waals surface area contributed by atoms with Crippen molar-refractivity contribution in [1.29, 1.82) is 0 Å². The highest BCUT2D eigenvalue weighted by atomic mass is 32.2. The number of halogens is 1. The number of hydrogen-bond acceptors (Lipinski definition) is 3. The zero-order chi connectivity index (χ0) is 14.1. The minimum Gasteiger partial charge on any atom is -0.593 e. The molecule has 0 amide bonds. The topological polar surface area (TPSA) is 72.4 Å². The normalized spacial score (nSPS) is 13.2. The van der Waals surface area contributed by atoms with Crippen molar-refractivity contribution >= 4 is 23.0 Å². The highest BCUT2D eigenvalue weighted by Crippen LogP contribution is 2.26. The molecule has 0 bridgehead atoms. The van der Waals surface area contributed by atoms with Crippen molar-refractivity contribution in [3.05, 3.63) is 29.1 Å². The van der Waals surface area contributed by atoms with Gasteiger partial charge in [0.05, 0.1) is 17.0 Å². The van der Waals surface area contributed by atoms with Gasteiger partial charge in [-0.15, -0.1) is 0 Å². The number of rotatable bonds is 3. The van der Waals surface area contributed by atoms with Gasteiger partial charge in [-0.3, -0.25) is 0 Å². The Kier molecular flexibility index (Phi) is 4.24. The van der Waals surface area contributed by atoms with E-state index in [4.69, 9.17) is 5.11 Å². The fraction of sp³-hybridized carbons (Fsp3) is 0.417. The molecule has 0 heterocycles. The SMILES string of the molecule is Cc1ccc(N[S+]([O-])C(C)(C)C)c(C(=O)O)c1F. The molecule has 2 N–H and O–H groups in total. The summed E-state index contributed by atoms with van der Waals surface area (Å²) >= 11 is -1.51. The Morgan fingerprint density at radius 1 is 1.44 bits per heavy atom. The number of nitrogens with one attached hydrogen (secondary N) is 1. The lowest BCUT2D eigenvalue weighted by molar-refractivity contribution is 0.0693. The van der Waals surface area contributed by atoms with Gasteiger partial charge in [0.25, 0.3) is 0 Å². The van der Waals surface area contributed by atoms with Crippen LogP contribution in [0.1, 0.15) is 36.7 Å². The molecule has 0 aromatic heterocycles. The smallest absolute Gasteiger partial charge is 0.340 e. The molecule has 1 aromatic carbocycles. The Labute approximate surface area is 109 Å². The van der Waals surface area contributed by atoms with E-state index in [2.05, 4.69) is 4.72 Å². The van der Waals surface area contributed by atoms with Crippen LogP contribution in [-0.2, 0) is 11.4 Å². The molecule has 4 nitrogen and oxygen atoms in total. The average molecular weight is 273 g/mol. The summed E-state index contributed by atoms with van der Waals surface area (Å²) in [6, 6.07) is 2.87. The molecule has 0 saturated heterocycles. The van der Waals surface area contributed by atoms with Crippen LogP contribution in [0.5, 0.6) is 0 Å². The summed E-state index contributed by atoms with van der Waals surface area (Å²) in [7, 11) is 0. The quantitative estimate of drug-likeness (QED) is 0.830. The van der Waals surface area contributed by atoms with Gasteiger partial charge in [-0.25, -0.2) is 13.9 Å². The second-order valence-electron chi connectivity index (χ2n) is 4.91. The number of carbonyl (C=O) groups is 1. The minimum atomic E-state index is -1.51. The largest absolute Gasteiger partial charge is 0.593 e. The van der Waals surface area contributed by atoms with Gasteiger partial charge in [0, 0.05) is 0 Å². The Morgan fingerprint density at radius 2 is 2.00 bits per heavy atom. The number of aryl methyl sites for hydroxylation is 1. The number of carboxylic acid groups (broad SMARTS) is 1. The third-order valence-electron chi connectivity index (χ3n) is 2.31. The molecule has 0 spiro atoms. The van der Waals surface area contributed by atoms with E-state index in [1.165, 1.54) is 19.1 Å². The molecule has 18 heavy (non-hydrogen) atoms. The summed E-state index contributed by atoms with van der Waals surface area (Å²) < 4.78 is 27.6. The van der Waals surface area contributed by atoms with Crippen LogP contribution in [-0.4, -0.2) is 20.4 Å². The van der Waals surface area contributed by atoms with Crippen molar-refractivity contribution in [2.45, 2.75) is 32.4 Å². The summed E-state index contributed by atoms with van der Waals surface area (Å²) in [6.45, 7) is 6.69. The van der Waals surface area contributed by atoms with Crippen molar-refractivity contribution in [2.75, 3.05) is 4.72 Å². The van der Waals surface area contributed by atoms with E-state index < -0.39 is 33.5 Å². The van der Waals surface area contributed by atoms with E-state index in [1.54, 1.807) is 20.8 Å². The number of carboxylic acids is 1. The van der Waals surface area contributed by atoms with Crippen LogP contribution >= 0.6 is 0 Å². The van der Waals surface area contributed by atoms with Crippen LogP contribution in [0, 0.1) is 12.7 Å². The average Bonchev–Trinajstić information content (AvgIpc) is 2.21. The zero-order valence-electron chi connectivity index (χ0n) is 10.7. The van der Waals surface area contributed by atoms with Crippen molar-refractivity contribution in [2.24, 2.45) is 0 Å². The maximum Gasteiger partial charge on any atom is 0.340 e. The first-order valence-corrected chi connectivity index (χ1v) is 6.50. The standard InChI is InChI=1S/C12H16FNO3S/c1-7-5-6-8(9(10(7)13)11(15)16)14-18(17)12(2,3)4/h5-6,14H,1-4H3,(H,15,16). The molecular weight excluding hydrogens is 257 g/mol. The number of hydrogen-bond donors (Lipinski definition) is 2. The van der Waals surface area contributed by atoms with Crippen LogP contribution in [0.25, 0.3) is 0 Å². The van der Waals surface area contributed by atoms with Gasteiger partial charge in [-0.05, 0) is 39.3 Å². The van der Waals surface area contributed by atoms with Crippen molar-refractivity contribution in [3.63, 3.8) is 0 Å². The molecule has 0 aliphatic rings. The molecule has 0 radical (unpaired) electrons. The van der Waals surface area contributed by atoms with Crippen LogP contribution in [0.4, 0.5) is 10.1 Å². The van der Waals surface area contributed by atoms with Gasteiger partial charge in [0.2, 0.25) is 0 Å². The predicted octanol–water partition coefficient (Wildman–Crippen LogP) is 2.71. The Hall–Kier alpha value is -1.27. The number of benzene rings is 1. The van der Waals surface area contributed by atoms with Crippen LogP contribution < -0.4 is 4.72 Å². The predicted molar refractivity (Wildman–Crippen MR) is 69.6 cm³/mol. The Morgan fingerprint density at radius 3 is 2.44 bits per heavy atom. The van der Waals surface area contributed by atoms with Crippen molar-refractivity contribution < 1.29 is 18.8 Å². The minimum absolute atomic E-state index is 0.0267. The molecule has 0 aliphatic heterocycles. The molecule has 6 heteroatoms. The molecule has 0 aliphatic carbocycles. The molecular formula is C12H16FNO3S. The number of aromatic carboxylic acids is 1. The van der Waals surface area contributed by atoms with E-state index in [0.29, 0.717) is 0 Å². The van der Waals surface area contributed by atoms with Gasteiger partial charge in [-0.2, -0.15) is 0 Å². The first-order valence-electron chi connectivity index (χ1n) is 5.35. The molecule has 1 unspecified atom stereocenters. The van der Waals surface area contributed by atoms with Crippen molar-refractivity contribution in [3.8, 4) is 0 Å². The van der Waals surface area contributed by atoms with E-state index in [1.807, 2.05) is 0 Å². The third-order valence-corrected chi connectivity index (χ3v) is 3.83. The second kappa shape index (κ2) is 5.16. The Balaban J connectivity index is 3.18. The molecule has 100 valence electrons. The molecule has 0 fully saturated rings. The maximum atomic E-state index is 13.7. The highest BCUT2D eigenvalue weighted by molar-refractivity contribution is 7.94. The van der Waals surface area contributed by atoms with Gasteiger partial charge < -0.3 is 9.66 Å². The van der Waals surface area contributed by atoms with Gasteiger partial charge >= 0.3 is 5.97 Å². The molecule has 1 rings (SSSR count). The van der Waals surface area contributed by atoms with Crippen LogP contribution in [0.2, 0.25) is 0 Å². The van der Waals surface area contributed by atoms with Crippen LogP contribution in [0.15, 0.2) is 12.1 Å². The highest BCUT2D eigenvalue weighted by Gasteiger charge is 2.29. The lowest BCUT2D eigenvalue weighted by Gasteiger charge is -2.24. The first-order chi connectivity index (χ1) is 8.14. The second-order valence-corrected chi connectivity index (χ2v) is 6.87. The van der Waals surface area contributed by atoms with E-state index in [-0.39, 0.29) is 11.3 Å². The van der Waals surface area contributed by atoms with Gasteiger partial charge in [0.15, 0.2) is 0 Å². The third kappa shape index (κ3) is 3.14. The van der Waals surface area contributed by atoms with E-state index in [9.17, 15) is 13.7 Å². The summed E-state index contributed by atoms with van der Waals surface area (Å²) in [5.74, 6) is -2.19. The van der Waals surface area contributed by atoms with Crippen molar-refractivity contribution in [1.82, 2.24) is 0 Å². The fourth-order valence-electron chi connectivity index (χ4n) is 1.23. The first kappa shape index (κ1) is 14.8. The monoisotopic (exact) mass is 273 g/mol.